The molecule has 2 aliphatic rings. The molecule has 104 valence electrons. The topological polar surface area (TPSA) is 42.0 Å². The molecule has 1 N–H and O–H groups in total. The van der Waals surface area contributed by atoms with Crippen molar-refractivity contribution in [3.05, 3.63) is 16.1 Å². The molecule has 0 amide bonds. The van der Waals surface area contributed by atoms with Gasteiger partial charge in [-0.3, -0.25) is 4.79 Å². The first-order chi connectivity index (χ1) is 9.22. The van der Waals surface area contributed by atoms with E-state index >= 15 is 0 Å². The number of nitrogens with one attached hydrogen (secondary N) is 1. The number of aryl methyl sites for hydroxylation is 1. The highest BCUT2D eigenvalue weighted by molar-refractivity contribution is 7.09. The fourth-order valence-electron chi connectivity index (χ4n) is 3.54. The number of hydrogen-bond acceptors (Lipinski definition) is 4. The van der Waals surface area contributed by atoms with Crippen LogP contribution in [0.25, 0.3) is 0 Å². The van der Waals surface area contributed by atoms with Crippen molar-refractivity contribution in [2.75, 3.05) is 0 Å². The van der Waals surface area contributed by atoms with E-state index in [1.807, 2.05) is 12.3 Å². The van der Waals surface area contributed by atoms with Crippen molar-refractivity contribution in [3.63, 3.8) is 0 Å². The number of nitrogens with zero attached hydrogens (tertiary/aromatic N) is 1. The fraction of sp³-hybridized carbons (Fsp3) is 0.733. The zero-order valence-electron chi connectivity index (χ0n) is 11.5. The summed E-state index contributed by atoms with van der Waals surface area (Å²) in [4.78, 5) is 16.8. The van der Waals surface area contributed by atoms with Crippen molar-refractivity contribution >= 4 is 17.1 Å². The number of carbonyl (C=O) groups excluding carboxylic acids is 1. The molecule has 1 aromatic rings. The minimum atomic E-state index is 0.0707. The molecule has 1 aliphatic carbocycles. The third kappa shape index (κ3) is 3.06. The Kier molecular flexibility index (Phi) is 3.99. The Balaban J connectivity index is 1.58. The maximum Gasteiger partial charge on any atom is 0.155 e. The second-order valence-corrected chi connectivity index (χ2v) is 7.01. The van der Waals surface area contributed by atoms with E-state index in [0.717, 1.165) is 23.0 Å². The molecule has 1 saturated carbocycles. The standard InChI is InChI=1S/C15H22N2OS/c1-10-16-12(9-19-10)8-15(18)14-7-6-11-4-2-3-5-13(11)17-14/h9,11,13-14,17H,2-8H2,1H3. The summed E-state index contributed by atoms with van der Waals surface area (Å²) >= 11 is 1.63. The number of piperidine rings is 1. The molecule has 3 unspecified atom stereocenters. The van der Waals surface area contributed by atoms with Gasteiger partial charge in [0.2, 0.25) is 0 Å². The lowest BCUT2D eigenvalue weighted by Crippen LogP contribution is -2.52. The first-order valence-corrected chi connectivity index (χ1v) is 8.30. The highest BCUT2D eigenvalue weighted by atomic mass is 32.1. The lowest BCUT2D eigenvalue weighted by atomic mass is 9.77. The average molecular weight is 278 g/mol. The van der Waals surface area contributed by atoms with Crippen LogP contribution in [0.4, 0.5) is 0 Å². The minimum Gasteiger partial charge on any atom is -0.304 e. The summed E-state index contributed by atoms with van der Waals surface area (Å²) in [5.74, 6) is 1.15. The quantitative estimate of drug-likeness (QED) is 0.924. The minimum absolute atomic E-state index is 0.0707. The summed E-state index contributed by atoms with van der Waals surface area (Å²) in [5.41, 5.74) is 0.945. The Hall–Kier alpha value is -0.740. The molecule has 1 aliphatic heterocycles. The second kappa shape index (κ2) is 5.71. The fourth-order valence-corrected chi connectivity index (χ4v) is 4.15. The number of fused-ring (bicyclic) bond motifs is 1. The zero-order valence-corrected chi connectivity index (χ0v) is 12.3. The van der Waals surface area contributed by atoms with Crippen LogP contribution in [-0.2, 0) is 11.2 Å². The molecule has 0 aromatic carbocycles. The largest absolute Gasteiger partial charge is 0.304 e. The Morgan fingerprint density at radius 3 is 3.00 bits per heavy atom. The van der Waals surface area contributed by atoms with Crippen LogP contribution >= 0.6 is 11.3 Å². The van der Waals surface area contributed by atoms with Crippen LogP contribution in [0.2, 0.25) is 0 Å². The number of thiazole rings is 1. The molecule has 1 aromatic heterocycles. The molecule has 3 atom stereocenters. The molecule has 3 nitrogen and oxygen atoms in total. The van der Waals surface area contributed by atoms with Gasteiger partial charge in [0.1, 0.15) is 0 Å². The molecule has 0 bridgehead atoms. The maximum absolute atomic E-state index is 12.4. The van der Waals surface area contributed by atoms with Gasteiger partial charge in [-0.05, 0) is 38.5 Å². The van der Waals surface area contributed by atoms with Crippen LogP contribution < -0.4 is 5.32 Å². The van der Waals surface area contributed by atoms with Crippen molar-refractivity contribution in [3.8, 4) is 0 Å². The highest BCUT2D eigenvalue weighted by Crippen LogP contribution is 2.32. The summed E-state index contributed by atoms with van der Waals surface area (Å²) in [7, 11) is 0. The number of aromatic nitrogens is 1. The van der Waals surface area contributed by atoms with Gasteiger partial charge >= 0.3 is 0 Å². The molecular formula is C15H22N2OS. The lowest BCUT2D eigenvalue weighted by molar-refractivity contribution is -0.121. The maximum atomic E-state index is 12.4. The van der Waals surface area contributed by atoms with E-state index in [4.69, 9.17) is 0 Å². The van der Waals surface area contributed by atoms with Crippen molar-refractivity contribution in [2.45, 2.75) is 64.0 Å². The summed E-state index contributed by atoms with van der Waals surface area (Å²) in [5, 5.41) is 6.67. The SMILES string of the molecule is Cc1nc(CC(=O)C2CCC3CCCCC3N2)cs1. The van der Waals surface area contributed by atoms with Gasteiger partial charge in [0.05, 0.1) is 23.2 Å². The van der Waals surface area contributed by atoms with E-state index in [1.165, 1.54) is 32.1 Å². The van der Waals surface area contributed by atoms with E-state index < -0.39 is 0 Å². The van der Waals surface area contributed by atoms with E-state index in [0.29, 0.717) is 18.2 Å². The number of carbonyl (C=O) groups is 1. The van der Waals surface area contributed by atoms with Gasteiger partial charge in [-0.25, -0.2) is 4.98 Å². The lowest BCUT2D eigenvalue weighted by Gasteiger charge is -2.40. The average Bonchev–Trinajstić information content (AvgIpc) is 2.83. The summed E-state index contributed by atoms with van der Waals surface area (Å²) in [6.45, 7) is 1.99. The molecular weight excluding hydrogens is 256 g/mol. The van der Waals surface area contributed by atoms with Gasteiger partial charge in [-0.1, -0.05) is 12.8 Å². The molecule has 3 rings (SSSR count). The predicted molar refractivity (Wildman–Crippen MR) is 77.5 cm³/mol. The summed E-state index contributed by atoms with van der Waals surface area (Å²) in [6.07, 6.45) is 8.04. The summed E-state index contributed by atoms with van der Waals surface area (Å²) in [6, 6.07) is 0.662. The Morgan fingerprint density at radius 1 is 1.37 bits per heavy atom. The van der Waals surface area contributed by atoms with Crippen LogP contribution in [0.3, 0.4) is 0 Å². The highest BCUT2D eigenvalue weighted by Gasteiger charge is 2.34. The van der Waals surface area contributed by atoms with Crippen LogP contribution in [0.15, 0.2) is 5.38 Å². The monoisotopic (exact) mass is 278 g/mol. The molecule has 0 spiro atoms. The number of Topliss-reactive ketones (excluding diaryl/α,β-unsaturated/α-hetero) is 1. The van der Waals surface area contributed by atoms with E-state index in [9.17, 15) is 4.79 Å². The third-order valence-corrected chi connectivity index (χ3v) is 5.38. The Labute approximate surface area is 118 Å². The van der Waals surface area contributed by atoms with Crippen LogP contribution in [0, 0.1) is 12.8 Å². The number of hydrogen-bond donors (Lipinski definition) is 1. The van der Waals surface area contributed by atoms with E-state index in [2.05, 4.69) is 10.3 Å². The van der Waals surface area contributed by atoms with E-state index in [-0.39, 0.29) is 6.04 Å². The van der Waals surface area contributed by atoms with Gasteiger partial charge in [-0.15, -0.1) is 11.3 Å². The molecule has 2 heterocycles. The Bertz CT molecular complexity index is 457. The van der Waals surface area contributed by atoms with Crippen LogP contribution in [-0.4, -0.2) is 22.9 Å². The van der Waals surface area contributed by atoms with Gasteiger partial charge in [0.15, 0.2) is 5.78 Å². The van der Waals surface area contributed by atoms with Gasteiger partial charge in [-0.2, -0.15) is 0 Å². The number of ketones is 1. The third-order valence-electron chi connectivity index (χ3n) is 4.56. The normalized spacial score (nSPS) is 30.9. The van der Waals surface area contributed by atoms with E-state index in [1.54, 1.807) is 11.3 Å². The van der Waals surface area contributed by atoms with Gasteiger partial charge < -0.3 is 5.32 Å². The molecule has 2 fully saturated rings. The van der Waals surface area contributed by atoms with Crippen molar-refractivity contribution in [1.29, 1.82) is 0 Å². The Morgan fingerprint density at radius 2 is 2.21 bits per heavy atom. The molecule has 19 heavy (non-hydrogen) atoms. The summed E-state index contributed by atoms with van der Waals surface area (Å²) < 4.78 is 0. The molecule has 4 heteroatoms. The number of rotatable bonds is 3. The van der Waals surface area contributed by atoms with Gasteiger partial charge in [0.25, 0.3) is 0 Å². The molecule has 1 saturated heterocycles. The van der Waals surface area contributed by atoms with Crippen LogP contribution in [0.1, 0.15) is 49.2 Å². The first-order valence-electron chi connectivity index (χ1n) is 7.42. The van der Waals surface area contributed by atoms with Crippen molar-refractivity contribution < 1.29 is 4.79 Å². The molecule has 0 radical (unpaired) electrons. The van der Waals surface area contributed by atoms with Crippen molar-refractivity contribution in [1.82, 2.24) is 10.3 Å². The smallest absolute Gasteiger partial charge is 0.155 e. The van der Waals surface area contributed by atoms with Crippen molar-refractivity contribution in [2.24, 2.45) is 5.92 Å². The van der Waals surface area contributed by atoms with Gasteiger partial charge in [0, 0.05) is 11.4 Å². The second-order valence-electron chi connectivity index (χ2n) is 5.95. The zero-order chi connectivity index (χ0) is 13.2. The van der Waals surface area contributed by atoms with Crippen LogP contribution in [0.5, 0.6) is 0 Å². The first kappa shape index (κ1) is 13.3. The predicted octanol–water partition coefficient (Wildman–Crippen LogP) is 2.87.